The lowest BCUT2D eigenvalue weighted by molar-refractivity contribution is -0.140. The molecule has 2 rings (SSSR count). The summed E-state index contributed by atoms with van der Waals surface area (Å²) in [4.78, 5) is 27.7. The maximum Gasteiger partial charge on any atom is 0.242 e. The van der Waals surface area contributed by atoms with Gasteiger partial charge < -0.3 is 15.0 Å². The molecule has 2 amide bonds. The van der Waals surface area contributed by atoms with Gasteiger partial charge in [-0.05, 0) is 56.0 Å². The van der Waals surface area contributed by atoms with Crippen LogP contribution in [-0.2, 0) is 22.6 Å². The molecular formula is C25H34N2O3. The van der Waals surface area contributed by atoms with Gasteiger partial charge in [-0.1, -0.05) is 49.2 Å². The standard InChI is InChI=1S/C25H34N2O3/c1-6-7-14-26-25(29)20(4)27(17-21-10-12-23(30-5)13-11-21)24(28)16-22-15-18(2)8-9-19(22)3/h8-13,15,20H,6-7,14,16-17H2,1-5H3,(H,26,29)/t20-/m1/s1. The topological polar surface area (TPSA) is 58.6 Å². The Morgan fingerprint density at radius 2 is 1.80 bits per heavy atom. The molecule has 5 nitrogen and oxygen atoms in total. The number of carbonyl (C=O) groups excluding carboxylic acids is 2. The second-order valence-electron chi connectivity index (χ2n) is 7.80. The van der Waals surface area contributed by atoms with Crippen molar-refractivity contribution in [2.75, 3.05) is 13.7 Å². The van der Waals surface area contributed by atoms with E-state index in [0.717, 1.165) is 40.8 Å². The lowest BCUT2D eigenvalue weighted by Crippen LogP contribution is -2.48. The van der Waals surface area contributed by atoms with Crippen LogP contribution in [0.2, 0.25) is 0 Å². The fourth-order valence-electron chi connectivity index (χ4n) is 3.30. The fraction of sp³-hybridized carbons (Fsp3) is 0.440. The van der Waals surface area contributed by atoms with Crippen LogP contribution in [0.4, 0.5) is 0 Å². The third-order valence-corrected chi connectivity index (χ3v) is 5.36. The summed E-state index contributed by atoms with van der Waals surface area (Å²) in [5.74, 6) is 0.585. The van der Waals surface area contributed by atoms with Gasteiger partial charge in [0.2, 0.25) is 11.8 Å². The molecule has 0 spiro atoms. The molecule has 0 aliphatic carbocycles. The van der Waals surface area contributed by atoms with Gasteiger partial charge in [-0.25, -0.2) is 0 Å². The number of aryl methyl sites for hydroxylation is 2. The quantitative estimate of drug-likeness (QED) is 0.598. The molecule has 0 fully saturated rings. The van der Waals surface area contributed by atoms with E-state index in [9.17, 15) is 9.59 Å². The Labute approximate surface area is 180 Å². The lowest BCUT2D eigenvalue weighted by atomic mass is 10.0. The van der Waals surface area contributed by atoms with E-state index in [4.69, 9.17) is 4.74 Å². The highest BCUT2D eigenvalue weighted by atomic mass is 16.5. The molecule has 5 heteroatoms. The molecule has 0 saturated heterocycles. The van der Waals surface area contributed by atoms with Crippen molar-refractivity contribution in [2.45, 2.75) is 59.5 Å². The van der Waals surface area contributed by atoms with E-state index in [1.807, 2.05) is 56.3 Å². The van der Waals surface area contributed by atoms with Crippen molar-refractivity contribution in [1.82, 2.24) is 10.2 Å². The van der Waals surface area contributed by atoms with Crippen LogP contribution in [0.15, 0.2) is 42.5 Å². The van der Waals surface area contributed by atoms with Crippen LogP contribution in [0.1, 0.15) is 48.9 Å². The Morgan fingerprint density at radius 3 is 2.43 bits per heavy atom. The average Bonchev–Trinajstić information content (AvgIpc) is 2.74. The van der Waals surface area contributed by atoms with Crippen molar-refractivity contribution >= 4 is 11.8 Å². The molecule has 0 bridgehead atoms. The first-order valence-corrected chi connectivity index (χ1v) is 10.6. The van der Waals surface area contributed by atoms with Crippen LogP contribution in [0, 0.1) is 13.8 Å². The Bertz CT molecular complexity index is 846. The first-order chi connectivity index (χ1) is 14.3. The lowest BCUT2D eigenvalue weighted by Gasteiger charge is -2.29. The van der Waals surface area contributed by atoms with E-state index in [2.05, 4.69) is 12.2 Å². The molecule has 2 aromatic carbocycles. The molecule has 0 aromatic heterocycles. The number of methoxy groups -OCH3 is 1. The van der Waals surface area contributed by atoms with E-state index in [0.29, 0.717) is 13.1 Å². The molecule has 2 aromatic rings. The highest BCUT2D eigenvalue weighted by molar-refractivity contribution is 5.88. The van der Waals surface area contributed by atoms with E-state index in [1.54, 1.807) is 18.9 Å². The van der Waals surface area contributed by atoms with E-state index in [-0.39, 0.29) is 18.2 Å². The number of ether oxygens (including phenoxy) is 1. The first-order valence-electron chi connectivity index (χ1n) is 10.6. The van der Waals surface area contributed by atoms with Gasteiger partial charge in [0.25, 0.3) is 0 Å². The van der Waals surface area contributed by atoms with E-state index in [1.165, 1.54) is 0 Å². The van der Waals surface area contributed by atoms with Gasteiger partial charge in [-0.3, -0.25) is 9.59 Å². The number of nitrogens with one attached hydrogen (secondary N) is 1. The summed E-state index contributed by atoms with van der Waals surface area (Å²) < 4.78 is 5.22. The normalized spacial score (nSPS) is 11.6. The van der Waals surface area contributed by atoms with Gasteiger partial charge in [-0.15, -0.1) is 0 Å². The molecule has 0 aliphatic heterocycles. The molecular weight excluding hydrogens is 376 g/mol. The zero-order chi connectivity index (χ0) is 22.1. The predicted octanol–water partition coefficient (Wildman–Crippen LogP) is 4.19. The molecule has 162 valence electrons. The summed E-state index contributed by atoms with van der Waals surface area (Å²) in [6.45, 7) is 8.91. The zero-order valence-corrected chi connectivity index (χ0v) is 18.8. The van der Waals surface area contributed by atoms with Gasteiger partial charge in [0.1, 0.15) is 11.8 Å². The Balaban J connectivity index is 2.22. The summed E-state index contributed by atoms with van der Waals surface area (Å²) in [6.07, 6.45) is 2.21. The van der Waals surface area contributed by atoms with Gasteiger partial charge in [0.05, 0.1) is 13.5 Å². The minimum atomic E-state index is -0.554. The number of rotatable bonds is 10. The number of carbonyl (C=O) groups is 2. The SMILES string of the molecule is CCCCNC(=O)[C@@H](C)N(Cc1ccc(OC)cc1)C(=O)Cc1cc(C)ccc1C. The number of hydrogen-bond donors (Lipinski definition) is 1. The van der Waals surface area contributed by atoms with Crippen LogP contribution in [0.25, 0.3) is 0 Å². The van der Waals surface area contributed by atoms with Crippen LogP contribution in [0.3, 0.4) is 0 Å². The van der Waals surface area contributed by atoms with Gasteiger partial charge >= 0.3 is 0 Å². The largest absolute Gasteiger partial charge is 0.497 e. The number of amides is 2. The Hall–Kier alpha value is -2.82. The molecule has 0 heterocycles. The van der Waals surface area contributed by atoms with Crippen LogP contribution >= 0.6 is 0 Å². The smallest absolute Gasteiger partial charge is 0.242 e. The van der Waals surface area contributed by atoms with Crippen molar-refractivity contribution in [3.63, 3.8) is 0 Å². The van der Waals surface area contributed by atoms with Gasteiger partial charge in [0, 0.05) is 13.1 Å². The predicted molar refractivity (Wildman–Crippen MR) is 121 cm³/mol. The van der Waals surface area contributed by atoms with Crippen molar-refractivity contribution in [3.8, 4) is 5.75 Å². The van der Waals surface area contributed by atoms with Crippen molar-refractivity contribution < 1.29 is 14.3 Å². The monoisotopic (exact) mass is 410 g/mol. The third-order valence-electron chi connectivity index (χ3n) is 5.36. The van der Waals surface area contributed by atoms with Gasteiger partial charge in [-0.2, -0.15) is 0 Å². The summed E-state index contributed by atoms with van der Waals surface area (Å²) in [5, 5.41) is 2.95. The highest BCUT2D eigenvalue weighted by Gasteiger charge is 2.26. The third kappa shape index (κ3) is 6.61. The first kappa shape index (κ1) is 23.5. The maximum absolute atomic E-state index is 13.3. The Morgan fingerprint density at radius 1 is 1.10 bits per heavy atom. The summed E-state index contributed by atoms with van der Waals surface area (Å²) in [7, 11) is 1.62. The zero-order valence-electron chi connectivity index (χ0n) is 18.8. The summed E-state index contributed by atoms with van der Waals surface area (Å²) in [6, 6.07) is 13.2. The molecule has 0 radical (unpaired) electrons. The second kappa shape index (κ2) is 11.4. The van der Waals surface area contributed by atoms with Crippen molar-refractivity contribution in [1.29, 1.82) is 0 Å². The van der Waals surface area contributed by atoms with Crippen molar-refractivity contribution in [2.24, 2.45) is 0 Å². The maximum atomic E-state index is 13.3. The van der Waals surface area contributed by atoms with Crippen LogP contribution in [-0.4, -0.2) is 36.4 Å². The molecule has 30 heavy (non-hydrogen) atoms. The van der Waals surface area contributed by atoms with Crippen LogP contribution in [0.5, 0.6) is 5.75 Å². The number of hydrogen-bond acceptors (Lipinski definition) is 3. The molecule has 1 atom stereocenters. The summed E-state index contributed by atoms with van der Waals surface area (Å²) in [5.41, 5.74) is 4.16. The molecule has 0 unspecified atom stereocenters. The molecule has 0 aliphatic rings. The van der Waals surface area contributed by atoms with Gasteiger partial charge in [0.15, 0.2) is 0 Å². The molecule has 0 saturated carbocycles. The number of nitrogens with zero attached hydrogens (tertiary/aromatic N) is 1. The fourth-order valence-corrected chi connectivity index (χ4v) is 3.30. The molecule has 1 N–H and O–H groups in total. The highest BCUT2D eigenvalue weighted by Crippen LogP contribution is 2.18. The Kier molecular flexibility index (Phi) is 8.90. The summed E-state index contributed by atoms with van der Waals surface area (Å²) >= 11 is 0. The minimum absolute atomic E-state index is 0.0577. The second-order valence-corrected chi connectivity index (χ2v) is 7.80. The minimum Gasteiger partial charge on any atom is -0.497 e. The number of benzene rings is 2. The van der Waals surface area contributed by atoms with Crippen molar-refractivity contribution in [3.05, 3.63) is 64.7 Å². The van der Waals surface area contributed by atoms with E-state index < -0.39 is 6.04 Å². The van der Waals surface area contributed by atoms with Crippen LogP contribution < -0.4 is 10.1 Å². The number of unbranched alkanes of at least 4 members (excludes halogenated alkanes) is 1. The van der Waals surface area contributed by atoms with E-state index >= 15 is 0 Å². The average molecular weight is 411 g/mol.